The quantitative estimate of drug-likeness (QED) is 0.553. The molecule has 0 spiro atoms. The number of hydrogen-bond acceptors (Lipinski definition) is 5. The zero-order valence-corrected chi connectivity index (χ0v) is 17.4. The van der Waals surface area contributed by atoms with Gasteiger partial charge >= 0.3 is 10.3 Å². The Morgan fingerprint density at radius 1 is 1.00 bits per heavy atom. The van der Waals surface area contributed by atoms with E-state index in [-0.39, 0.29) is 28.2 Å². The highest BCUT2D eigenvalue weighted by molar-refractivity contribution is 7.84. The summed E-state index contributed by atoms with van der Waals surface area (Å²) in [6.45, 7) is 7.53. The van der Waals surface area contributed by atoms with Gasteiger partial charge in [0.05, 0.1) is 4.86 Å². The average molecular weight is 406 g/mol. The summed E-state index contributed by atoms with van der Waals surface area (Å²) in [7, 11) is -4.25. The zero-order valence-electron chi connectivity index (χ0n) is 15.7. The molecule has 144 valence electrons. The summed E-state index contributed by atoms with van der Waals surface area (Å²) in [5.74, 6) is -0.443. The van der Waals surface area contributed by atoms with Gasteiger partial charge < -0.3 is 4.18 Å². The van der Waals surface area contributed by atoms with Gasteiger partial charge in [0.1, 0.15) is 0 Å². The van der Waals surface area contributed by atoms with Crippen molar-refractivity contribution in [3.8, 4) is 5.75 Å². The molecule has 0 aliphatic carbocycles. The maximum Gasteiger partial charge on any atom is 0.380 e. The van der Waals surface area contributed by atoms with E-state index in [2.05, 4.69) is 0 Å². The second kappa shape index (κ2) is 8.29. The number of hydrogen-bond donors (Lipinski definition) is 1. The van der Waals surface area contributed by atoms with Crippen molar-refractivity contribution in [2.75, 3.05) is 0 Å². The Kier molecular flexibility index (Phi) is 6.51. The second-order valence-electron chi connectivity index (χ2n) is 6.85. The van der Waals surface area contributed by atoms with Gasteiger partial charge in [-0.3, -0.25) is 4.79 Å². The van der Waals surface area contributed by atoms with Crippen molar-refractivity contribution in [1.82, 2.24) is 0 Å². The predicted molar refractivity (Wildman–Crippen MR) is 111 cm³/mol. The minimum Gasteiger partial charge on any atom is -0.370 e. The van der Waals surface area contributed by atoms with Crippen LogP contribution in [0.15, 0.2) is 42.5 Å². The lowest BCUT2D eigenvalue weighted by Gasteiger charge is -2.21. The molecule has 0 aromatic heterocycles. The number of ketones is 1. The van der Waals surface area contributed by atoms with Crippen LogP contribution in [0.2, 0.25) is 0 Å². The van der Waals surface area contributed by atoms with E-state index in [1.807, 2.05) is 33.8 Å². The Morgan fingerprint density at radius 3 is 2.07 bits per heavy atom. The third-order valence-corrected chi connectivity index (χ3v) is 4.93. The van der Waals surface area contributed by atoms with Crippen LogP contribution in [0, 0.1) is 0 Å². The van der Waals surface area contributed by atoms with Gasteiger partial charge in [-0.2, -0.15) is 13.6 Å². The van der Waals surface area contributed by atoms with Crippen LogP contribution in [0.3, 0.4) is 0 Å². The molecule has 5 nitrogen and oxygen atoms in total. The molecule has 0 atom stereocenters. The summed E-state index contributed by atoms with van der Waals surface area (Å²) in [5, 5.41) is 5.12. The highest BCUT2D eigenvalue weighted by Crippen LogP contribution is 2.38. The van der Waals surface area contributed by atoms with E-state index in [0.717, 1.165) is 0 Å². The molecule has 2 rings (SSSR count). The van der Waals surface area contributed by atoms with E-state index in [1.54, 1.807) is 36.4 Å². The lowest BCUT2D eigenvalue weighted by Crippen LogP contribution is -2.23. The first-order valence-corrected chi connectivity index (χ1v) is 10.4. The fourth-order valence-electron chi connectivity index (χ4n) is 2.89. The molecule has 0 bridgehead atoms. The smallest absolute Gasteiger partial charge is 0.370 e. The van der Waals surface area contributed by atoms with Gasteiger partial charge in [0.15, 0.2) is 5.75 Å². The van der Waals surface area contributed by atoms with Gasteiger partial charge in [-0.15, -0.1) is 0 Å². The Labute approximate surface area is 165 Å². The van der Waals surface area contributed by atoms with Crippen LogP contribution in [0.4, 0.5) is 0 Å². The molecule has 27 heavy (non-hydrogen) atoms. The summed E-state index contributed by atoms with van der Waals surface area (Å²) in [6, 6.07) is 12.3. The fraction of sp³-hybridized carbons (Fsp3) is 0.300. The van der Waals surface area contributed by atoms with Crippen LogP contribution in [-0.2, 0) is 10.3 Å². The number of benzene rings is 2. The minimum absolute atomic E-state index is 0.0236. The second-order valence-corrected chi connectivity index (χ2v) is 8.42. The van der Waals surface area contributed by atoms with Crippen molar-refractivity contribution in [1.29, 1.82) is 0 Å². The molecule has 7 heteroatoms. The number of nitrogens with two attached hydrogens (primary N) is 1. The van der Waals surface area contributed by atoms with Gasteiger partial charge in [-0.1, -0.05) is 82.4 Å². The normalized spacial score (nSPS) is 11.7. The lowest BCUT2D eigenvalue weighted by molar-refractivity contribution is 0.106. The first kappa shape index (κ1) is 21.2. The molecule has 0 heterocycles. The molecule has 0 fully saturated rings. The average Bonchev–Trinajstić information content (AvgIpc) is 2.58. The van der Waals surface area contributed by atoms with E-state index in [4.69, 9.17) is 21.5 Å². The molecule has 0 radical (unpaired) electrons. The molecule has 0 aliphatic heterocycles. The lowest BCUT2D eigenvalue weighted by atomic mass is 9.87. The van der Waals surface area contributed by atoms with Crippen LogP contribution in [0.25, 0.3) is 0 Å². The Balaban J connectivity index is 2.68. The van der Waals surface area contributed by atoms with Crippen molar-refractivity contribution in [3.63, 3.8) is 0 Å². The predicted octanol–water partition coefficient (Wildman–Crippen LogP) is 4.12. The summed E-state index contributed by atoms with van der Waals surface area (Å²) < 4.78 is 28.4. The number of thiocarbonyl (C=S) groups is 1. The molecular formula is C20H23NO4S2. The third-order valence-electron chi connectivity index (χ3n) is 4.11. The number of Topliss-reactive ketones (excluding diaryl/α,β-unsaturated/α-hetero) is 1. The molecule has 0 saturated heterocycles. The van der Waals surface area contributed by atoms with Crippen molar-refractivity contribution >= 4 is 33.2 Å². The van der Waals surface area contributed by atoms with Crippen LogP contribution in [0.1, 0.15) is 66.6 Å². The largest absolute Gasteiger partial charge is 0.380 e. The Bertz CT molecular complexity index is 965. The maximum atomic E-state index is 13.1. The molecule has 2 aromatic rings. The third kappa shape index (κ3) is 5.00. The number of carbonyl (C=O) groups is 1. The highest BCUT2D eigenvalue weighted by Gasteiger charge is 2.27. The van der Waals surface area contributed by atoms with E-state index in [0.29, 0.717) is 22.3 Å². The summed E-state index contributed by atoms with van der Waals surface area (Å²) in [6.07, 6.45) is 0. The van der Waals surface area contributed by atoms with Crippen LogP contribution < -0.4 is 9.32 Å². The Morgan fingerprint density at radius 2 is 1.59 bits per heavy atom. The van der Waals surface area contributed by atoms with E-state index < -0.39 is 10.3 Å². The number of rotatable bonds is 7. The van der Waals surface area contributed by atoms with Crippen LogP contribution >= 0.6 is 12.2 Å². The maximum absolute atomic E-state index is 13.1. The zero-order chi connectivity index (χ0) is 20.4. The first-order valence-electron chi connectivity index (χ1n) is 8.56. The fourth-order valence-corrected chi connectivity index (χ4v) is 3.56. The molecule has 0 amide bonds. The Hall–Kier alpha value is -2.09. The first-order chi connectivity index (χ1) is 12.5. The van der Waals surface area contributed by atoms with Crippen molar-refractivity contribution in [2.24, 2.45) is 5.14 Å². The summed E-state index contributed by atoms with van der Waals surface area (Å²) >= 11 is 5.38. The SMILES string of the molecule is CC(C)c1ccc(C(=O)C(=S)c2ccccc2)c(C(C)C)c1OS(N)(=O)=O. The summed E-state index contributed by atoms with van der Waals surface area (Å²) in [5.41, 5.74) is 2.10. The van der Waals surface area contributed by atoms with Gasteiger partial charge in [-0.25, -0.2) is 0 Å². The number of carbonyl (C=O) groups excluding carboxylic acids is 1. The molecular weight excluding hydrogens is 382 g/mol. The molecule has 2 aromatic carbocycles. The standard InChI is InChI=1S/C20H23NO4S2/c1-12(2)15-10-11-16(17(13(3)4)19(15)25-27(21,23)24)18(22)20(26)14-8-6-5-7-9-14/h5-13H,1-4H3,(H2,21,23,24). The molecule has 0 aliphatic rings. The topological polar surface area (TPSA) is 86.5 Å². The monoisotopic (exact) mass is 405 g/mol. The molecule has 2 N–H and O–H groups in total. The highest BCUT2D eigenvalue weighted by atomic mass is 32.2. The van der Waals surface area contributed by atoms with Crippen LogP contribution in [-0.4, -0.2) is 19.1 Å². The van der Waals surface area contributed by atoms with E-state index in [1.165, 1.54) is 0 Å². The van der Waals surface area contributed by atoms with Gasteiger partial charge in [0, 0.05) is 11.1 Å². The van der Waals surface area contributed by atoms with Crippen molar-refractivity contribution in [2.45, 2.75) is 39.5 Å². The van der Waals surface area contributed by atoms with Crippen molar-refractivity contribution < 1.29 is 17.4 Å². The minimum atomic E-state index is -4.25. The van der Waals surface area contributed by atoms with Crippen LogP contribution in [0.5, 0.6) is 5.75 Å². The summed E-state index contributed by atoms with van der Waals surface area (Å²) in [4.78, 5) is 13.3. The van der Waals surface area contributed by atoms with Crippen molar-refractivity contribution in [3.05, 3.63) is 64.7 Å². The molecule has 0 saturated carbocycles. The molecule has 0 unspecified atom stereocenters. The van der Waals surface area contributed by atoms with Gasteiger partial charge in [0.25, 0.3) is 0 Å². The van der Waals surface area contributed by atoms with E-state index in [9.17, 15) is 13.2 Å². The van der Waals surface area contributed by atoms with Gasteiger partial charge in [0.2, 0.25) is 5.78 Å². The van der Waals surface area contributed by atoms with Gasteiger partial charge in [-0.05, 0) is 23.0 Å². The van der Waals surface area contributed by atoms with E-state index >= 15 is 0 Å².